The Morgan fingerprint density at radius 3 is 2.88 bits per heavy atom. The third-order valence-corrected chi connectivity index (χ3v) is 3.57. The fourth-order valence-corrected chi connectivity index (χ4v) is 2.40. The van der Waals surface area contributed by atoms with Gasteiger partial charge >= 0.3 is 0 Å². The smallest absolute Gasteiger partial charge is 0.101 e. The summed E-state index contributed by atoms with van der Waals surface area (Å²) in [6.45, 7) is 0. The summed E-state index contributed by atoms with van der Waals surface area (Å²) in [7, 11) is 1.93. The lowest BCUT2D eigenvalue weighted by Gasteiger charge is -2.14. The fourth-order valence-electron chi connectivity index (χ4n) is 2.40. The van der Waals surface area contributed by atoms with Gasteiger partial charge in [0.1, 0.15) is 5.84 Å². The van der Waals surface area contributed by atoms with E-state index in [-0.39, 0.29) is 11.3 Å². The third-order valence-electron chi connectivity index (χ3n) is 3.57. The van der Waals surface area contributed by atoms with Crippen LogP contribution in [-0.2, 0) is 12.5 Å². The van der Waals surface area contributed by atoms with Gasteiger partial charge in [-0.1, -0.05) is 12.1 Å². The number of fused-ring (bicyclic) bond motifs is 1. The summed E-state index contributed by atoms with van der Waals surface area (Å²) in [6.07, 6.45) is 3.83. The first-order chi connectivity index (χ1) is 7.65. The van der Waals surface area contributed by atoms with Gasteiger partial charge in [-0.05, 0) is 24.5 Å². The number of nitrogens with one attached hydrogen (secondary N) is 1. The standard InChI is InChI=1S/C12H14N4/c1-16-10-4-2-3-9(8(10)7-15-16)12(5-6-12)11(13)14/h2-4,7H,5-6H2,1H3,(H3,13,14). The topological polar surface area (TPSA) is 67.7 Å². The molecule has 0 atom stereocenters. The highest BCUT2D eigenvalue weighted by atomic mass is 15.2. The molecule has 0 unspecified atom stereocenters. The van der Waals surface area contributed by atoms with E-state index in [4.69, 9.17) is 11.1 Å². The van der Waals surface area contributed by atoms with Crippen LogP contribution in [0.4, 0.5) is 0 Å². The molecule has 16 heavy (non-hydrogen) atoms. The zero-order chi connectivity index (χ0) is 11.3. The highest BCUT2D eigenvalue weighted by Gasteiger charge is 2.48. The van der Waals surface area contributed by atoms with Gasteiger partial charge in [0.25, 0.3) is 0 Å². The Bertz CT molecular complexity index is 578. The van der Waals surface area contributed by atoms with Crippen molar-refractivity contribution in [3.8, 4) is 0 Å². The van der Waals surface area contributed by atoms with Crippen LogP contribution in [0.5, 0.6) is 0 Å². The number of hydrogen-bond acceptors (Lipinski definition) is 2. The van der Waals surface area contributed by atoms with Gasteiger partial charge in [0, 0.05) is 12.4 Å². The number of benzene rings is 1. The molecule has 0 spiro atoms. The second-order valence-corrected chi connectivity index (χ2v) is 4.50. The van der Waals surface area contributed by atoms with Crippen LogP contribution < -0.4 is 5.73 Å². The van der Waals surface area contributed by atoms with Crippen molar-refractivity contribution in [1.29, 1.82) is 5.41 Å². The third kappa shape index (κ3) is 1.04. The molecule has 3 rings (SSSR count). The van der Waals surface area contributed by atoms with E-state index >= 15 is 0 Å². The molecule has 4 nitrogen and oxygen atoms in total. The van der Waals surface area contributed by atoms with Crippen molar-refractivity contribution in [3.63, 3.8) is 0 Å². The van der Waals surface area contributed by atoms with E-state index in [1.54, 1.807) is 0 Å². The lowest BCUT2D eigenvalue weighted by Crippen LogP contribution is -2.27. The SMILES string of the molecule is Cn1ncc2c(C3(C(=N)N)CC3)cccc21. The van der Waals surface area contributed by atoms with E-state index in [9.17, 15) is 0 Å². The van der Waals surface area contributed by atoms with Crippen molar-refractivity contribution in [3.05, 3.63) is 30.0 Å². The second kappa shape index (κ2) is 2.84. The molecule has 1 fully saturated rings. The van der Waals surface area contributed by atoms with E-state index in [1.165, 1.54) is 0 Å². The molecule has 1 aliphatic rings. The molecule has 1 aromatic heterocycles. The number of amidine groups is 1. The maximum atomic E-state index is 7.73. The van der Waals surface area contributed by atoms with E-state index in [2.05, 4.69) is 11.2 Å². The maximum Gasteiger partial charge on any atom is 0.101 e. The van der Waals surface area contributed by atoms with Crippen molar-refractivity contribution in [1.82, 2.24) is 9.78 Å². The molecule has 1 aliphatic carbocycles. The van der Waals surface area contributed by atoms with Crippen LogP contribution >= 0.6 is 0 Å². The lowest BCUT2D eigenvalue weighted by molar-refractivity contribution is 0.797. The van der Waals surface area contributed by atoms with Crippen molar-refractivity contribution < 1.29 is 0 Å². The molecule has 0 radical (unpaired) electrons. The zero-order valence-corrected chi connectivity index (χ0v) is 9.20. The normalized spacial score (nSPS) is 17.6. The summed E-state index contributed by atoms with van der Waals surface area (Å²) in [5, 5.41) is 13.1. The zero-order valence-electron chi connectivity index (χ0n) is 9.20. The van der Waals surface area contributed by atoms with Gasteiger partial charge in [-0.25, -0.2) is 0 Å². The Balaban J connectivity index is 2.29. The minimum Gasteiger partial charge on any atom is -0.387 e. The van der Waals surface area contributed by atoms with Crippen molar-refractivity contribution in [2.24, 2.45) is 12.8 Å². The lowest BCUT2D eigenvalue weighted by atomic mass is 9.92. The van der Waals surface area contributed by atoms with Crippen LogP contribution in [0, 0.1) is 5.41 Å². The first kappa shape index (κ1) is 9.39. The molecule has 1 saturated carbocycles. The number of nitrogens with two attached hydrogens (primary N) is 1. The highest BCUT2D eigenvalue weighted by Crippen LogP contribution is 2.50. The first-order valence-corrected chi connectivity index (χ1v) is 5.41. The van der Waals surface area contributed by atoms with Crippen LogP contribution in [0.25, 0.3) is 10.9 Å². The Hall–Kier alpha value is -1.84. The molecule has 4 heteroatoms. The predicted molar refractivity (Wildman–Crippen MR) is 63.5 cm³/mol. The molecular formula is C12H14N4. The summed E-state index contributed by atoms with van der Waals surface area (Å²) < 4.78 is 1.86. The van der Waals surface area contributed by atoms with Crippen molar-refractivity contribution in [2.45, 2.75) is 18.3 Å². The monoisotopic (exact) mass is 214 g/mol. The van der Waals surface area contributed by atoms with Gasteiger partial charge in [0.2, 0.25) is 0 Å². The van der Waals surface area contributed by atoms with Gasteiger partial charge < -0.3 is 5.73 Å². The van der Waals surface area contributed by atoms with Gasteiger partial charge in [0.15, 0.2) is 0 Å². The number of aromatic nitrogens is 2. The van der Waals surface area contributed by atoms with E-state index in [0.717, 1.165) is 29.3 Å². The van der Waals surface area contributed by atoms with Crippen LogP contribution in [0.3, 0.4) is 0 Å². The number of nitrogens with zero attached hydrogens (tertiary/aromatic N) is 2. The van der Waals surface area contributed by atoms with E-state index in [1.807, 2.05) is 30.1 Å². The molecule has 2 aromatic rings. The van der Waals surface area contributed by atoms with E-state index in [0.29, 0.717) is 0 Å². The first-order valence-electron chi connectivity index (χ1n) is 5.41. The minimum absolute atomic E-state index is 0.206. The fraction of sp³-hybridized carbons (Fsp3) is 0.333. The number of hydrogen-bond donors (Lipinski definition) is 2. The molecule has 0 bridgehead atoms. The quantitative estimate of drug-likeness (QED) is 0.588. The molecule has 82 valence electrons. The summed E-state index contributed by atoms with van der Waals surface area (Å²) in [4.78, 5) is 0. The van der Waals surface area contributed by atoms with Crippen LogP contribution in [-0.4, -0.2) is 15.6 Å². The average molecular weight is 214 g/mol. The molecule has 0 saturated heterocycles. The predicted octanol–water partition coefficient (Wildman–Crippen LogP) is 1.54. The van der Waals surface area contributed by atoms with E-state index < -0.39 is 0 Å². The van der Waals surface area contributed by atoms with Crippen molar-refractivity contribution in [2.75, 3.05) is 0 Å². The van der Waals surface area contributed by atoms with Gasteiger partial charge in [-0.2, -0.15) is 5.10 Å². The molecule has 1 aromatic carbocycles. The van der Waals surface area contributed by atoms with Crippen LogP contribution in [0.15, 0.2) is 24.4 Å². The Morgan fingerprint density at radius 2 is 2.25 bits per heavy atom. The molecule has 0 amide bonds. The van der Waals surface area contributed by atoms with Gasteiger partial charge in [0.05, 0.1) is 17.1 Å². The van der Waals surface area contributed by atoms with Crippen LogP contribution in [0.1, 0.15) is 18.4 Å². The Kier molecular flexibility index (Phi) is 1.67. The minimum atomic E-state index is -0.206. The number of aryl methyl sites for hydroxylation is 1. The molecule has 0 aliphatic heterocycles. The molecular weight excluding hydrogens is 200 g/mol. The summed E-state index contributed by atoms with van der Waals surface area (Å²) >= 11 is 0. The Morgan fingerprint density at radius 1 is 1.50 bits per heavy atom. The largest absolute Gasteiger partial charge is 0.387 e. The summed E-state index contributed by atoms with van der Waals surface area (Å²) in [5.74, 6) is 0.281. The summed E-state index contributed by atoms with van der Waals surface area (Å²) in [6, 6.07) is 6.13. The van der Waals surface area contributed by atoms with Crippen molar-refractivity contribution >= 4 is 16.7 Å². The number of rotatable bonds is 2. The molecule has 1 heterocycles. The second-order valence-electron chi connectivity index (χ2n) is 4.50. The average Bonchev–Trinajstić information content (AvgIpc) is 3.00. The van der Waals surface area contributed by atoms with Gasteiger partial charge in [-0.3, -0.25) is 10.1 Å². The summed E-state index contributed by atoms with van der Waals surface area (Å²) in [5.41, 5.74) is 7.77. The Labute approximate surface area is 93.6 Å². The van der Waals surface area contributed by atoms with Crippen LogP contribution in [0.2, 0.25) is 0 Å². The highest BCUT2D eigenvalue weighted by molar-refractivity contribution is 5.97. The maximum absolute atomic E-state index is 7.73. The molecule has 3 N–H and O–H groups in total. The van der Waals surface area contributed by atoms with Gasteiger partial charge in [-0.15, -0.1) is 0 Å².